The Morgan fingerprint density at radius 3 is 2.57 bits per heavy atom. The molecule has 2 rings (SSSR count). The summed E-state index contributed by atoms with van der Waals surface area (Å²) in [5.41, 5.74) is -0.299. The van der Waals surface area contributed by atoms with E-state index in [9.17, 15) is 22.8 Å². The first-order chi connectivity index (χ1) is 13.3. The molecule has 0 aliphatic carbocycles. The van der Waals surface area contributed by atoms with Crippen LogP contribution in [0.2, 0.25) is 0 Å². The number of carbonyl (C=O) groups is 2. The number of hydrogen-bond acceptors (Lipinski definition) is 5. The number of carbonyl (C=O) groups excluding carboxylic acids is 2. The summed E-state index contributed by atoms with van der Waals surface area (Å²) in [5.74, 6) is -0.417. The standard InChI is InChI=1S/C19H28F3N3O3S.ClH/c1-12(14-5-6-16(29-14)28-11-19(20,21)22)23-17(27)13-7-8-25(9-13)10-15(26)24-18(2,3)4;/h5-6,12-13H,7-11H2,1-4H3,(H,23,27)(H,24,26);1H/t12?,13-;/m0./s1. The lowest BCUT2D eigenvalue weighted by atomic mass is 10.1. The minimum atomic E-state index is -4.39. The minimum absolute atomic E-state index is 0. The molecular formula is C19H29ClF3N3O3S. The van der Waals surface area contributed by atoms with Crippen molar-refractivity contribution in [3.05, 3.63) is 17.0 Å². The van der Waals surface area contributed by atoms with Gasteiger partial charge >= 0.3 is 6.18 Å². The van der Waals surface area contributed by atoms with E-state index >= 15 is 0 Å². The van der Waals surface area contributed by atoms with Crippen LogP contribution in [-0.2, 0) is 9.59 Å². The lowest BCUT2D eigenvalue weighted by Gasteiger charge is -2.23. The molecule has 1 aromatic rings. The number of nitrogens with zero attached hydrogens (tertiary/aromatic N) is 1. The first kappa shape index (κ1) is 26.5. The van der Waals surface area contributed by atoms with E-state index in [4.69, 9.17) is 4.74 Å². The van der Waals surface area contributed by atoms with Gasteiger partial charge in [-0.05, 0) is 52.8 Å². The Hall–Kier alpha value is -1.52. The number of amides is 2. The van der Waals surface area contributed by atoms with Gasteiger partial charge < -0.3 is 15.4 Å². The highest BCUT2D eigenvalue weighted by molar-refractivity contribution is 7.13. The molecule has 1 unspecified atom stereocenters. The predicted molar refractivity (Wildman–Crippen MR) is 112 cm³/mol. The first-order valence-corrected chi connectivity index (χ1v) is 10.3. The summed E-state index contributed by atoms with van der Waals surface area (Å²) >= 11 is 1.08. The van der Waals surface area contributed by atoms with Crippen molar-refractivity contribution in [2.75, 3.05) is 26.2 Å². The molecule has 1 aliphatic heterocycles. The van der Waals surface area contributed by atoms with E-state index in [2.05, 4.69) is 10.6 Å². The van der Waals surface area contributed by atoms with Crippen molar-refractivity contribution in [2.24, 2.45) is 5.92 Å². The van der Waals surface area contributed by atoms with Crippen molar-refractivity contribution < 1.29 is 27.5 Å². The SMILES string of the molecule is CC(NC(=O)[C@H]1CCN(CC(=O)NC(C)(C)C)C1)c1ccc(OCC(F)(F)F)s1.Cl. The van der Waals surface area contributed by atoms with E-state index in [1.165, 1.54) is 6.07 Å². The molecule has 2 amide bonds. The van der Waals surface area contributed by atoms with Gasteiger partial charge in [0.1, 0.15) is 0 Å². The van der Waals surface area contributed by atoms with Crippen LogP contribution in [0.25, 0.3) is 0 Å². The van der Waals surface area contributed by atoms with E-state index in [0.29, 0.717) is 19.5 Å². The van der Waals surface area contributed by atoms with E-state index in [1.54, 1.807) is 13.0 Å². The zero-order chi connectivity index (χ0) is 21.8. The van der Waals surface area contributed by atoms with Crippen LogP contribution in [0, 0.1) is 5.92 Å². The van der Waals surface area contributed by atoms with E-state index in [1.807, 2.05) is 25.7 Å². The highest BCUT2D eigenvalue weighted by Crippen LogP contribution is 2.31. The minimum Gasteiger partial charge on any atom is -0.475 e. The quantitative estimate of drug-likeness (QED) is 0.638. The van der Waals surface area contributed by atoms with Crippen LogP contribution in [-0.4, -0.2) is 54.7 Å². The second-order valence-corrected chi connectivity index (χ2v) is 9.39. The summed E-state index contributed by atoms with van der Waals surface area (Å²) < 4.78 is 41.4. The highest BCUT2D eigenvalue weighted by Gasteiger charge is 2.31. The lowest BCUT2D eigenvalue weighted by molar-refractivity contribution is -0.152. The van der Waals surface area contributed by atoms with E-state index < -0.39 is 12.8 Å². The van der Waals surface area contributed by atoms with E-state index in [-0.39, 0.29) is 53.3 Å². The van der Waals surface area contributed by atoms with Gasteiger partial charge in [-0.2, -0.15) is 13.2 Å². The largest absolute Gasteiger partial charge is 0.475 e. The third-order valence-electron chi connectivity index (χ3n) is 4.29. The summed E-state index contributed by atoms with van der Waals surface area (Å²) in [7, 11) is 0. The molecule has 6 nitrogen and oxygen atoms in total. The van der Waals surface area contributed by atoms with Crippen molar-refractivity contribution in [1.29, 1.82) is 0 Å². The summed E-state index contributed by atoms with van der Waals surface area (Å²) in [6, 6.07) is 2.78. The number of halogens is 4. The van der Waals surface area contributed by atoms with Gasteiger partial charge in [0, 0.05) is 17.0 Å². The van der Waals surface area contributed by atoms with Gasteiger partial charge in [0.25, 0.3) is 0 Å². The number of rotatable bonds is 7. The monoisotopic (exact) mass is 471 g/mol. The highest BCUT2D eigenvalue weighted by atomic mass is 35.5. The molecular weight excluding hydrogens is 443 g/mol. The maximum Gasteiger partial charge on any atom is 0.422 e. The van der Waals surface area contributed by atoms with Crippen LogP contribution in [0.1, 0.15) is 45.0 Å². The molecule has 11 heteroatoms. The third kappa shape index (κ3) is 9.09. The second-order valence-electron chi connectivity index (χ2n) is 8.31. The zero-order valence-electron chi connectivity index (χ0n) is 17.5. The molecule has 1 fully saturated rings. The van der Waals surface area contributed by atoms with Crippen LogP contribution in [0.5, 0.6) is 5.06 Å². The van der Waals surface area contributed by atoms with Crippen molar-refractivity contribution >= 4 is 35.6 Å². The van der Waals surface area contributed by atoms with E-state index in [0.717, 1.165) is 16.2 Å². The summed E-state index contributed by atoms with van der Waals surface area (Å²) in [6.45, 7) is 7.60. The Balaban J connectivity index is 0.00000450. The van der Waals surface area contributed by atoms with Gasteiger partial charge in [0.2, 0.25) is 11.8 Å². The molecule has 0 spiro atoms. The Kier molecular flexibility index (Phi) is 9.44. The maximum atomic E-state index is 12.5. The molecule has 1 aromatic heterocycles. The number of thiophene rings is 1. The average molecular weight is 472 g/mol. The fourth-order valence-electron chi connectivity index (χ4n) is 3.05. The molecule has 0 aromatic carbocycles. The molecule has 2 atom stereocenters. The van der Waals surface area contributed by atoms with Crippen LogP contribution in [0.15, 0.2) is 12.1 Å². The molecule has 0 radical (unpaired) electrons. The van der Waals surface area contributed by atoms with Crippen molar-refractivity contribution in [1.82, 2.24) is 15.5 Å². The predicted octanol–water partition coefficient (Wildman–Crippen LogP) is 3.52. The third-order valence-corrected chi connectivity index (χ3v) is 5.47. The Bertz CT molecular complexity index is 722. The van der Waals surface area contributed by atoms with Gasteiger partial charge in [-0.1, -0.05) is 0 Å². The fourth-order valence-corrected chi connectivity index (χ4v) is 3.91. The average Bonchev–Trinajstić information content (AvgIpc) is 3.19. The summed E-state index contributed by atoms with van der Waals surface area (Å²) in [4.78, 5) is 27.2. The van der Waals surface area contributed by atoms with Crippen molar-refractivity contribution in [3.8, 4) is 5.06 Å². The lowest BCUT2D eigenvalue weighted by Crippen LogP contribution is -2.45. The summed E-state index contributed by atoms with van der Waals surface area (Å²) in [6.07, 6.45) is -3.73. The smallest absolute Gasteiger partial charge is 0.422 e. The van der Waals surface area contributed by atoms with Crippen LogP contribution < -0.4 is 15.4 Å². The Morgan fingerprint density at radius 1 is 1.30 bits per heavy atom. The van der Waals surface area contributed by atoms with Gasteiger partial charge in [-0.3, -0.25) is 14.5 Å². The fraction of sp³-hybridized carbons (Fsp3) is 0.684. The summed E-state index contributed by atoms with van der Waals surface area (Å²) in [5, 5.41) is 5.97. The van der Waals surface area contributed by atoms with Crippen LogP contribution in [0.4, 0.5) is 13.2 Å². The molecule has 172 valence electrons. The molecule has 2 N–H and O–H groups in total. The zero-order valence-corrected chi connectivity index (χ0v) is 19.1. The van der Waals surface area contributed by atoms with Crippen molar-refractivity contribution in [2.45, 2.75) is 51.9 Å². The Morgan fingerprint density at radius 2 is 1.97 bits per heavy atom. The Labute approximate surface area is 184 Å². The number of likely N-dealkylation sites (tertiary alicyclic amines) is 1. The topological polar surface area (TPSA) is 70.7 Å². The number of alkyl halides is 3. The first-order valence-electron chi connectivity index (χ1n) is 9.45. The number of ether oxygens (including phenoxy) is 1. The van der Waals surface area contributed by atoms with Gasteiger partial charge in [-0.15, -0.1) is 23.7 Å². The molecule has 0 saturated carbocycles. The van der Waals surface area contributed by atoms with Crippen LogP contribution >= 0.6 is 23.7 Å². The van der Waals surface area contributed by atoms with Crippen LogP contribution in [0.3, 0.4) is 0 Å². The maximum absolute atomic E-state index is 12.5. The molecule has 1 saturated heterocycles. The molecule has 2 heterocycles. The molecule has 0 bridgehead atoms. The van der Waals surface area contributed by atoms with Gasteiger partial charge in [-0.25, -0.2) is 0 Å². The molecule has 30 heavy (non-hydrogen) atoms. The van der Waals surface area contributed by atoms with Crippen molar-refractivity contribution in [3.63, 3.8) is 0 Å². The van der Waals surface area contributed by atoms with Gasteiger partial charge in [0.15, 0.2) is 11.7 Å². The number of nitrogens with one attached hydrogen (secondary N) is 2. The molecule has 1 aliphatic rings. The van der Waals surface area contributed by atoms with Gasteiger partial charge in [0.05, 0.1) is 18.5 Å². The number of hydrogen-bond donors (Lipinski definition) is 2. The normalized spacial score (nSPS) is 18.4. The second kappa shape index (κ2) is 10.7.